The van der Waals surface area contributed by atoms with Crippen molar-refractivity contribution in [1.82, 2.24) is 4.90 Å². The fourth-order valence-corrected chi connectivity index (χ4v) is 2.16. The smallest absolute Gasteiger partial charge is 0.263 e. The van der Waals surface area contributed by atoms with Gasteiger partial charge in [-0.1, -0.05) is 12.1 Å². The first-order chi connectivity index (χ1) is 7.09. The van der Waals surface area contributed by atoms with Crippen molar-refractivity contribution in [3.63, 3.8) is 0 Å². The molecule has 0 bridgehead atoms. The molecule has 0 saturated carbocycles. The van der Waals surface area contributed by atoms with E-state index in [1.54, 1.807) is 19.0 Å². The zero-order valence-electron chi connectivity index (χ0n) is 8.66. The third kappa shape index (κ3) is 1.86. The minimum atomic E-state index is -0.367. The maximum atomic E-state index is 11.7. The van der Waals surface area contributed by atoms with E-state index < -0.39 is 0 Å². The average molecular weight is 270 g/mol. The summed E-state index contributed by atoms with van der Waals surface area (Å²) in [6, 6.07) is 5.86. The van der Waals surface area contributed by atoms with E-state index in [1.165, 1.54) is 0 Å². The van der Waals surface area contributed by atoms with Gasteiger partial charge in [-0.15, -0.1) is 0 Å². The summed E-state index contributed by atoms with van der Waals surface area (Å²) in [4.78, 5) is 13.3. The van der Waals surface area contributed by atoms with Gasteiger partial charge >= 0.3 is 0 Å². The summed E-state index contributed by atoms with van der Waals surface area (Å²) in [6.07, 6.45) is 0.292. The van der Waals surface area contributed by atoms with Crippen LogP contribution in [0.1, 0.15) is 5.56 Å². The van der Waals surface area contributed by atoms with E-state index in [9.17, 15) is 4.79 Å². The predicted octanol–water partition coefficient (Wildman–Crippen LogP) is 1.84. The van der Waals surface area contributed by atoms with Gasteiger partial charge in [-0.25, -0.2) is 0 Å². The molecule has 1 heterocycles. The lowest BCUT2D eigenvalue weighted by Crippen LogP contribution is -2.36. The summed E-state index contributed by atoms with van der Waals surface area (Å²) in [5, 5.41) is 0. The molecular weight excluding hydrogens is 258 g/mol. The van der Waals surface area contributed by atoms with Crippen LogP contribution in [0.4, 0.5) is 0 Å². The highest BCUT2D eigenvalue weighted by Crippen LogP contribution is 2.36. The Labute approximate surface area is 97.2 Å². The Morgan fingerprint density at radius 2 is 2.27 bits per heavy atom. The van der Waals surface area contributed by atoms with E-state index in [0.29, 0.717) is 6.42 Å². The lowest BCUT2D eigenvalue weighted by molar-refractivity contribution is -0.135. The fourth-order valence-electron chi connectivity index (χ4n) is 1.66. The van der Waals surface area contributed by atoms with E-state index in [-0.39, 0.29) is 12.0 Å². The molecule has 0 saturated heterocycles. The summed E-state index contributed by atoms with van der Waals surface area (Å²) >= 11 is 3.41. The second kappa shape index (κ2) is 3.85. The summed E-state index contributed by atoms with van der Waals surface area (Å²) in [5.41, 5.74) is 1.09. The molecule has 3 nitrogen and oxygen atoms in total. The Hall–Kier alpha value is -1.03. The maximum absolute atomic E-state index is 11.7. The molecule has 2 rings (SSSR count). The van der Waals surface area contributed by atoms with Crippen molar-refractivity contribution >= 4 is 21.8 Å². The van der Waals surface area contributed by atoms with Gasteiger partial charge in [-0.2, -0.15) is 0 Å². The minimum Gasteiger partial charge on any atom is -0.479 e. The minimum absolute atomic E-state index is 0.0121. The Morgan fingerprint density at radius 1 is 1.53 bits per heavy atom. The number of likely N-dealkylation sites (N-methyl/N-ethyl adjacent to an activating group) is 1. The Kier molecular flexibility index (Phi) is 2.69. The number of halogens is 1. The normalized spacial score (nSPS) is 18.2. The number of nitrogens with zero attached hydrogens (tertiary/aromatic N) is 1. The number of hydrogen-bond donors (Lipinski definition) is 0. The molecule has 0 radical (unpaired) electrons. The molecule has 1 aliphatic rings. The molecule has 1 aromatic rings. The second-order valence-electron chi connectivity index (χ2n) is 3.77. The zero-order chi connectivity index (χ0) is 11.0. The van der Waals surface area contributed by atoms with E-state index >= 15 is 0 Å². The maximum Gasteiger partial charge on any atom is 0.263 e. The van der Waals surface area contributed by atoms with Gasteiger partial charge in [-0.3, -0.25) is 4.79 Å². The van der Waals surface area contributed by atoms with Gasteiger partial charge < -0.3 is 9.64 Å². The molecule has 0 fully saturated rings. The topological polar surface area (TPSA) is 29.5 Å². The Balaban J connectivity index is 2.23. The van der Waals surface area contributed by atoms with Crippen LogP contribution in [0.25, 0.3) is 0 Å². The van der Waals surface area contributed by atoms with Crippen LogP contribution in [0.3, 0.4) is 0 Å². The van der Waals surface area contributed by atoms with Gasteiger partial charge in [0.25, 0.3) is 5.91 Å². The molecule has 0 aliphatic carbocycles. The van der Waals surface area contributed by atoms with Crippen molar-refractivity contribution < 1.29 is 9.53 Å². The molecule has 15 heavy (non-hydrogen) atoms. The third-order valence-corrected chi connectivity index (χ3v) is 3.05. The number of amides is 1. The number of carbonyl (C=O) groups excluding carboxylic acids is 1. The predicted molar refractivity (Wildman–Crippen MR) is 61.0 cm³/mol. The van der Waals surface area contributed by atoms with Crippen LogP contribution in [0.15, 0.2) is 22.7 Å². The number of carbonyl (C=O) groups is 1. The van der Waals surface area contributed by atoms with E-state index in [4.69, 9.17) is 4.74 Å². The van der Waals surface area contributed by atoms with Gasteiger partial charge in [0.2, 0.25) is 0 Å². The Bertz CT molecular complexity index is 404. The number of para-hydroxylation sites is 1. The molecule has 1 aromatic carbocycles. The first-order valence-electron chi connectivity index (χ1n) is 4.75. The lowest BCUT2D eigenvalue weighted by Gasteiger charge is -2.15. The van der Waals surface area contributed by atoms with Gasteiger partial charge in [-0.05, 0) is 27.6 Å². The highest BCUT2D eigenvalue weighted by atomic mass is 79.9. The van der Waals surface area contributed by atoms with Gasteiger partial charge in [0.1, 0.15) is 5.75 Å². The summed E-state index contributed by atoms with van der Waals surface area (Å²) < 4.78 is 6.53. The van der Waals surface area contributed by atoms with Crippen LogP contribution in [0, 0.1) is 0 Å². The quantitative estimate of drug-likeness (QED) is 0.779. The number of hydrogen-bond acceptors (Lipinski definition) is 2. The molecule has 0 spiro atoms. The first-order valence-corrected chi connectivity index (χ1v) is 5.54. The highest BCUT2D eigenvalue weighted by Gasteiger charge is 2.31. The lowest BCUT2D eigenvalue weighted by atomic mass is 10.1. The van der Waals surface area contributed by atoms with Crippen molar-refractivity contribution in [3.8, 4) is 5.75 Å². The van der Waals surface area contributed by atoms with Gasteiger partial charge in [0.15, 0.2) is 6.10 Å². The summed E-state index contributed by atoms with van der Waals surface area (Å²) in [6.45, 7) is 0. The van der Waals surface area contributed by atoms with Gasteiger partial charge in [0, 0.05) is 20.5 Å². The molecule has 1 atom stereocenters. The van der Waals surface area contributed by atoms with Crippen molar-refractivity contribution in [3.05, 3.63) is 28.2 Å². The largest absolute Gasteiger partial charge is 0.479 e. The van der Waals surface area contributed by atoms with Crippen LogP contribution in [-0.4, -0.2) is 31.0 Å². The molecule has 0 N–H and O–H groups in total. The number of fused-ring (bicyclic) bond motifs is 1. The van der Waals surface area contributed by atoms with Crippen molar-refractivity contribution in [1.29, 1.82) is 0 Å². The number of ether oxygens (including phenoxy) is 1. The highest BCUT2D eigenvalue weighted by molar-refractivity contribution is 9.10. The van der Waals surface area contributed by atoms with E-state index in [0.717, 1.165) is 15.8 Å². The molecule has 1 amide bonds. The van der Waals surface area contributed by atoms with E-state index in [2.05, 4.69) is 15.9 Å². The standard InChI is InChI=1S/C11H12BrNO2/c1-13(2)11(14)9-6-7-4-3-5-8(12)10(7)15-9/h3-5,9H,6H2,1-2H3. The molecular formula is C11H12BrNO2. The first kappa shape index (κ1) is 10.5. The molecule has 0 aromatic heterocycles. The number of rotatable bonds is 1. The van der Waals surface area contributed by atoms with Crippen molar-refractivity contribution in [2.75, 3.05) is 14.1 Å². The van der Waals surface area contributed by atoms with Crippen LogP contribution in [0.5, 0.6) is 5.75 Å². The third-order valence-electron chi connectivity index (χ3n) is 2.43. The van der Waals surface area contributed by atoms with Crippen LogP contribution >= 0.6 is 15.9 Å². The van der Waals surface area contributed by atoms with Crippen molar-refractivity contribution in [2.24, 2.45) is 0 Å². The molecule has 1 unspecified atom stereocenters. The summed E-state index contributed by atoms with van der Waals surface area (Å²) in [5.74, 6) is 0.816. The van der Waals surface area contributed by atoms with Crippen molar-refractivity contribution in [2.45, 2.75) is 12.5 Å². The zero-order valence-corrected chi connectivity index (χ0v) is 10.2. The number of benzene rings is 1. The van der Waals surface area contributed by atoms with Crippen LogP contribution in [-0.2, 0) is 11.2 Å². The SMILES string of the molecule is CN(C)C(=O)C1Cc2cccc(Br)c2O1. The summed E-state index contributed by atoms with van der Waals surface area (Å²) in [7, 11) is 3.48. The van der Waals surface area contributed by atoms with Crippen LogP contribution < -0.4 is 4.74 Å². The molecule has 80 valence electrons. The molecule has 1 aliphatic heterocycles. The monoisotopic (exact) mass is 269 g/mol. The fraction of sp³-hybridized carbons (Fsp3) is 0.364. The molecule has 4 heteroatoms. The average Bonchev–Trinajstić information content (AvgIpc) is 2.61. The second-order valence-corrected chi connectivity index (χ2v) is 4.63. The Morgan fingerprint density at radius 3 is 2.87 bits per heavy atom. The van der Waals surface area contributed by atoms with Gasteiger partial charge in [0.05, 0.1) is 4.47 Å². The van der Waals surface area contributed by atoms with Crippen LogP contribution in [0.2, 0.25) is 0 Å². The van der Waals surface area contributed by atoms with E-state index in [1.807, 2.05) is 18.2 Å².